The Bertz CT molecular complexity index is 17.6. The van der Waals surface area contributed by atoms with Crippen molar-refractivity contribution < 1.29 is 0 Å². The minimum atomic E-state index is 0.301. The van der Waals surface area contributed by atoms with Gasteiger partial charge in [-0.15, -0.1) is 0 Å². The zero-order valence-corrected chi connectivity index (χ0v) is 4.22. The van der Waals surface area contributed by atoms with Crippen LogP contribution in [-0.2, 0) is 0 Å². The summed E-state index contributed by atoms with van der Waals surface area (Å²) in [7, 11) is 0. The molecule has 0 fully saturated rings. The number of hydrogen-bond acceptors (Lipinski definition) is 1. The van der Waals surface area contributed by atoms with E-state index in [1.54, 1.807) is 11.8 Å². The summed E-state index contributed by atoms with van der Waals surface area (Å²) in [5.74, 6) is 0. The summed E-state index contributed by atoms with van der Waals surface area (Å²) in [6.45, 7) is 7.22. The van der Waals surface area contributed by atoms with Crippen LogP contribution in [0.25, 0.3) is 0 Å². The zero-order chi connectivity index (χ0) is 4.28. The fourth-order valence-corrected chi connectivity index (χ4v) is 0. The van der Waals surface area contributed by atoms with Crippen LogP contribution >= 0.6 is 11.8 Å². The van der Waals surface area contributed by atoms with Gasteiger partial charge in [0.25, 0.3) is 0 Å². The van der Waals surface area contributed by atoms with Gasteiger partial charge in [-0.05, 0) is 20.1 Å². The van der Waals surface area contributed by atoms with Crippen LogP contribution in [0.3, 0.4) is 0 Å². The minimum absolute atomic E-state index is 0.301. The molecule has 2 radical (unpaired) electrons. The van der Waals surface area contributed by atoms with Gasteiger partial charge in [0, 0.05) is 5.25 Å². The molecule has 1 heteroatoms. The van der Waals surface area contributed by atoms with Crippen molar-refractivity contribution in [3.05, 3.63) is 13.8 Å². The quantitative estimate of drug-likeness (QED) is 0.466. The van der Waals surface area contributed by atoms with Gasteiger partial charge in [-0.1, -0.05) is 0 Å². The third kappa shape index (κ3) is 4.35. The highest BCUT2D eigenvalue weighted by atomic mass is 32.2. The molecule has 0 rings (SSSR count). The maximum absolute atomic E-state index is 3.61. The fourth-order valence-electron chi connectivity index (χ4n) is 0. The van der Waals surface area contributed by atoms with E-state index in [0.717, 1.165) is 0 Å². The first kappa shape index (κ1) is 5.35. The molecule has 0 N–H and O–H groups in total. The van der Waals surface area contributed by atoms with Crippen LogP contribution in [0.15, 0.2) is 0 Å². The standard InChI is InChI=1S/C4H8S/c1-4(2)5-3/h4H,1-2H2,3H3. The van der Waals surface area contributed by atoms with Gasteiger partial charge in [0.15, 0.2) is 0 Å². The maximum atomic E-state index is 3.61. The molecular formula is C4H8S. The summed E-state index contributed by atoms with van der Waals surface area (Å²) in [5.41, 5.74) is 0. The van der Waals surface area contributed by atoms with Crippen molar-refractivity contribution in [2.75, 3.05) is 6.26 Å². The summed E-state index contributed by atoms with van der Waals surface area (Å²) in [5, 5.41) is 0.301. The van der Waals surface area contributed by atoms with E-state index in [4.69, 9.17) is 0 Å². The van der Waals surface area contributed by atoms with E-state index in [9.17, 15) is 0 Å². The molecule has 0 aliphatic rings. The smallest absolute Gasteiger partial charge is 0.00450 e. The lowest BCUT2D eigenvalue weighted by Crippen LogP contribution is -1.81. The summed E-state index contributed by atoms with van der Waals surface area (Å²) in [6.07, 6.45) is 1.99. The molecule has 0 aliphatic carbocycles. The second-order valence-corrected chi connectivity index (χ2v) is 2.00. The highest BCUT2D eigenvalue weighted by Crippen LogP contribution is 1.99. The van der Waals surface area contributed by atoms with Gasteiger partial charge < -0.3 is 0 Å². The first-order valence-electron chi connectivity index (χ1n) is 1.46. The molecule has 0 bridgehead atoms. The van der Waals surface area contributed by atoms with E-state index in [1.807, 2.05) is 6.26 Å². The lowest BCUT2D eigenvalue weighted by Gasteiger charge is -1.90. The van der Waals surface area contributed by atoms with Crippen molar-refractivity contribution >= 4 is 11.8 Å². The molecule has 0 nitrogen and oxygen atoms in total. The summed E-state index contributed by atoms with van der Waals surface area (Å²) < 4.78 is 0. The Kier molecular flexibility index (Phi) is 2.76. The van der Waals surface area contributed by atoms with E-state index in [0.29, 0.717) is 5.25 Å². The van der Waals surface area contributed by atoms with Crippen LogP contribution in [0.4, 0.5) is 0 Å². The molecule has 0 spiro atoms. The highest BCUT2D eigenvalue weighted by Gasteiger charge is 1.80. The molecule has 0 atom stereocenters. The zero-order valence-electron chi connectivity index (χ0n) is 3.40. The first-order chi connectivity index (χ1) is 2.27. The predicted molar refractivity (Wildman–Crippen MR) is 28.0 cm³/mol. The Morgan fingerprint density at radius 2 is 1.80 bits per heavy atom. The molecule has 5 heavy (non-hydrogen) atoms. The van der Waals surface area contributed by atoms with Gasteiger partial charge in [-0.2, -0.15) is 11.8 Å². The van der Waals surface area contributed by atoms with Gasteiger partial charge >= 0.3 is 0 Å². The largest absolute Gasteiger partial charge is 0.162 e. The molecule has 0 aliphatic heterocycles. The van der Waals surface area contributed by atoms with Crippen molar-refractivity contribution in [2.45, 2.75) is 5.25 Å². The molecule has 0 aromatic carbocycles. The van der Waals surface area contributed by atoms with Crippen molar-refractivity contribution in [2.24, 2.45) is 0 Å². The van der Waals surface area contributed by atoms with Crippen molar-refractivity contribution in [3.63, 3.8) is 0 Å². The minimum Gasteiger partial charge on any atom is -0.162 e. The van der Waals surface area contributed by atoms with E-state index in [-0.39, 0.29) is 0 Å². The molecule has 0 unspecified atom stereocenters. The Labute approximate surface area is 38.0 Å². The van der Waals surface area contributed by atoms with Gasteiger partial charge in [-0.25, -0.2) is 0 Å². The Morgan fingerprint density at radius 3 is 1.80 bits per heavy atom. The molecule has 0 aromatic heterocycles. The van der Waals surface area contributed by atoms with Crippen molar-refractivity contribution in [1.29, 1.82) is 0 Å². The van der Waals surface area contributed by atoms with Gasteiger partial charge in [0.1, 0.15) is 0 Å². The topological polar surface area (TPSA) is 0 Å². The van der Waals surface area contributed by atoms with Gasteiger partial charge in [0.05, 0.1) is 0 Å². The molecule has 0 heterocycles. The maximum Gasteiger partial charge on any atom is 0.00450 e. The fraction of sp³-hybridized carbons (Fsp3) is 0.500. The number of hydrogen-bond donors (Lipinski definition) is 0. The van der Waals surface area contributed by atoms with Gasteiger partial charge in [-0.3, -0.25) is 0 Å². The molecule has 0 saturated heterocycles. The highest BCUT2D eigenvalue weighted by molar-refractivity contribution is 7.99. The van der Waals surface area contributed by atoms with Crippen LogP contribution in [0.1, 0.15) is 0 Å². The van der Waals surface area contributed by atoms with Crippen LogP contribution in [0, 0.1) is 13.8 Å². The van der Waals surface area contributed by atoms with E-state index >= 15 is 0 Å². The third-order valence-corrected chi connectivity index (χ3v) is 1.000. The summed E-state index contributed by atoms with van der Waals surface area (Å²) in [6, 6.07) is 0. The third-order valence-electron chi connectivity index (χ3n) is 0.333. The van der Waals surface area contributed by atoms with E-state index in [1.165, 1.54) is 0 Å². The molecular weight excluding hydrogens is 80.1 g/mol. The van der Waals surface area contributed by atoms with Crippen LogP contribution in [0.5, 0.6) is 0 Å². The number of rotatable bonds is 1. The van der Waals surface area contributed by atoms with Crippen LogP contribution in [-0.4, -0.2) is 11.5 Å². The Hall–Kier alpha value is 0.350. The van der Waals surface area contributed by atoms with Crippen molar-refractivity contribution in [3.8, 4) is 0 Å². The number of thioether (sulfide) groups is 1. The lowest BCUT2D eigenvalue weighted by atomic mass is 10.6. The summed E-state index contributed by atoms with van der Waals surface area (Å²) in [4.78, 5) is 0. The first-order valence-corrected chi connectivity index (χ1v) is 2.75. The second-order valence-electron chi connectivity index (χ2n) is 0.858. The van der Waals surface area contributed by atoms with Crippen LogP contribution in [0.2, 0.25) is 0 Å². The van der Waals surface area contributed by atoms with Crippen LogP contribution < -0.4 is 0 Å². The Balaban J connectivity index is 2.54. The van der Waals surface area contributed by atoms with E-state index in [2.05, 4.69) is 13.8 Å². The lowest BCUT2D eigenvalue weighted by molar-refractivity contribution is 1.44. The van der Waals surface area contributed by atoms with Gasteiger partial charge in [0.2, 0.25) is 0 Å². The average molecular weight is 88.2 g/mol. The van der Waals surface area contributed by atoms with Crippen molar-refractivity contribution in [1.82, 2.24) is 0 Å². The molecule has 30 valence electrons. The predicted octanol–water partition coefficient (Wildman–Crippen LogP) is 1.39. The average Bonchev–Trinajstić information content (AvgIpc) is 1.38. The normalized spacial score (nSPS) is 9.60. The molecule has 0 saturated carbocycles. The Morgan fingerprint density at radius 1 is 1.60 bits per heavy atom. The second kappa shape index (κ2) is 2.58. The monoisotopic (exact) mass is 88.0 g/mol. The SMILES string of the molecule is [CH2]C([CH2])SC. The van der Waals surface area contributed by atoms with E-state index < -0.39 is 0 Å². The molecule has 0 aromatic rings. The molecule has 0 amide bonds. The summed E-state index contributed by atoms with van der Waals surface area (Å²) >= 11 is 1.66.